The summed E-state index contributed by atoms with van der Waals surface area (Å²) in [5, 5.41) is 0.965. The van der Waals surface area contributed by atoms with Gasteiger partial charge < -0.3 is 9.47 Å². The third-order valence-electron chi connectivity index (χ3n) is 4.68. The summed E-state index contributed by atoms with van der Waals surface area (Å²) in [6.07, 6.45) is 2.38. The Morgan fingerprint density at radius 3 is 2.42 bits per heavy atom. The Kier molecular flexibility index (Phi) is 3.66. The maximum absolute atomic E-state index is 12.8. The van der Waals surface area contributed by atoms with Gasteiger partial charge >= 0.3 is 5.91 Å². The minimum absolute atomic E-state index is 0.128. The highest BCUT2D eigenvalue weighted by Gasteiger charge is 2.55. The molecule has 0 unspecified atom stereocenters. The maximum Gasteiger partial charge on any atom is 0.306 e. The fraction of sp³-hybridized carbons (Fsp3) is 0.533. The molecule has 4 rings (SSSR count). The third kappa shape index (κ3) is 2.12. The van der Waals surface area contributed by atoms with Crippen molar-refractivity contribution in [1.82, 2.24) is 4.31 Å². The standard InChI is InChI=1S/C15H19N3O5S/c16-18-13-5-4-11(24(20,21)17-6-1-2-7-17)10-12(13)15(14(18)19)22-8-3-9-23-15/h4-5,10H,1-3,6-9,16H2. The van der Waals surface area contributed by atoms with Crippen molar-refractivity contribution >= 4 is 21.6 Å². The monoisotopic (exact) mass is 353 g/mol. The van der Waals surface area contributed by atoms with Crippen molar-refractivity contribution < 1.29 is 22.7 Å². The number of fused-ring (bicyclic) bond motifs is 2. The molecule has 24 heavy (non-hydrogen) atoms. The van der Waals surface area contributed by atoms with E-state index in [1.807, 2.05) is 0 Å². The molecule has 0 bridgehead atoms. The zero-order valence-electron chi connectivity index (χ0n) is 13.1. The molecule has 2 N–H and O–H groups in total. The van der Waals surface area contributed by atoms with E-state index in [0.717, 1.165) is 17.9 Å². The summed E-state index contributed by atoms with van der Waals surface area (Å²) in [5.74, 6) is 3.68. The summed E-state index contributed by atoms with van der Waals surface area (Å²) in [7, 11) is -3.60. The number of nitrogens with two attached hydrogens (primary N) is 1. The van der Waals surface area contributed by atoms with Gasteiger partial charge in [0.05, 0.1) is 23.8 Å². The highest BCUT2D eigenvalue weighted by atomic mass is 32.2. The third-order valence-corrected chi connectivity index (χ3v) is 6.58. The minimum atomic E-state index is -3.60. The van der Waals surface area contributed by atoms with E-state index in [1.54, 1.807) is 0 Å². The largest absolute Gasteiger partial charge is 0.338 e. The van der Waals surface area contributed by atoms with Crippen molar-refractivity contribution in [2.75, 3.05) is 31.3 Å². The lowest BCUT2D eigenvalue weighted by molar-refractivity contribution is -0.256. The molecule has 9 heteroatoms. The van der Waals surface area contributed by atoms with Crippen molar-refractivity contribution in [3.63, 3.8) is 0 Å². The van der Waals surface area contributed by atoms with Gasteiger partial charge in [-0.15, -0.1) is 0 Å². The van der Waals surface area contributed by atoms with E-state index in [0.29, 0.717) is 44.0 Å². The van der Waals surface area contributed by atoms with Crippen LogP contribution in [0.4, 0.5) is 5.69 Å². The minimum Gasteiger partial charge on any atom is -0.338 e. The molecule has 2 fully saturated rings. The first kappa shape index (κ1) is 16.0. The highest BCUT2D eigenvalue weighted by Crippen LogP contribution is 2.45. The molecule has 3 aliphatic rings. The zero-order chi connectivity index (χ0) is 16.9. The van der Waals surface area contributed by atoms with Gasteiger partial charge in [-0.1, -0.05) is 0 Å². The molecular weight excluding hydrogens is 334 g/mol. The van der Waals surface area contributed by atoms with Gasteiger partial charge in [0.2, 0.25) is 10.0 Å². The number of amides is 1. The van der Waals surface area contributed by atoms with Crippen molar-refractivity contribution in [2.45, 2.75) is 29.9 Å². The van der Waals surface area contributed by atoms with Crippen molar-refractivity contribution in [1.29, 1.82) is 0 Å². The summed E-state index contributed by atoms with van der Waals surface area (Å²) in [4.78, 5) is 12.7. The quantitative estimate of drug-likeness (QED) is 0.605. The fourth-order valence-corrected chi connectivity index (χ4v) is 4.97. The van der Waals surface area contributed by atoms with Crippen LogP contribution in [0.3, 0.4) is 0 Å². The lowest BCUT2D eigenvalue weighted by atomic mass is 10.1. The lowest BCUT2D eigenvalue weighted by Crippen LogP contribution is -2.49. The molecule has 0 atom stereocenters. The van der Waals surface area contributed by atoms with Crippen LogP contribution in [-0.2, 0) is 30.1 Å². The van der Waals surface area contributed by atoms with E-state index < -0.39 is 21.7 Å². The van der Waals surface area contributed by atoms with Gasteiger partial charge in [-0.25, -0.2) is 19.3 Å². The zero-order valence-corrected chi connectivity index (χ0v) is 13.9. The number of carbonyl (C=O) groups excluding carboxylic acids is 1. The van der Waals surface area contributed by atoms with Gasteiger partial charge in [-0.2, -0.15) is 4.31 Å². The Morgan fingerprint density at radius 2 is 1.75 bits per heavy atom. The van der Waals surface area contributed by atoms with Crippen LogP contribution in [-0.4, -0.2) is 44.9 Å². The van der Waals surface area contributed by atoms with Crippen molar-refractivity contribution in [3.05, 3.63) is 23.8 Å². The molecule has 0 aromatic heterocycles. The van der Waals surface area contributed by atoms with Crippen LogP contribution in [0, 0.1) is 0 Å². The van der Waals surface area contributed by atoms with Crippen LogP contribution in [0.25, 0.3) is 0 Å². The SMILES string of the molecule is NN1C(=O)C2(OCCCO2)c2cc(S(=O)(=O)N3CCCC3)ccc21. The van der Waals surface area contributed by atoms with E-state index in [4.69, 9.17) is 15.3 Å². The number of hydrogen-bond acceptors (Lipinski definition) is 6. The molecule has 0 aliphatic carbocycles. The van der Waals surface area contributed by atoms with Crippen LogP contribution in [0.5, 0.6) is 0 Å². The van der Waals surface area contributed by atoms with E-state index in [1.165, 1.54) is 22.5 Å². The summed E-state index contributed by atoms with van der Waals surface area (Å²) in [6, 6.07) is 4.47. The number of sulfonamides is 1. The maximum atomic E-state index is 12.8. The summed E-state index contributed by atoms with van der Waals surface area (Å²) >= 11 is 0. The van der Waals surface area contributed by atoms with Crippen molar-refractivity contribution in [3.8, 4) is 0 Å². The second kappa shape index (κ2) is 5.50. The average molecular weight is 353 g/mol. The number of anilines is 1. The lowest BCUT2D eigenvalue weighted by Gasteiger charge is -2.32. The van der Waals surface area contributed by atoms with Gasteiger partial charge in [0.25, 0.3) is 5.79 Å². The number of carbonyl (C=O) groups is 1. The second-order valence-corrected chi connectivity index (χ2v) is 8.07. The van der Waals surface area contributed by atoms with Gasteiger partial charge in [0, 0.05) is 18.7 Å². The molecule has 0 saturated carbocycles. The predicted molar refractivity (Wildman–Crippen MR) is 84.3 cm³/mol. The number of hydrazine groups is 1. The molecule has 130 valence electrons. The topological polar surface area (TPSA) is 102 Å². The molecule has 1 spiro atoms. The van der Waals surface area contributed by atoms with Crippen LogP contribution in [0.2, 0.25) is 0 Å². The first-order valence-corrected chi connectivity index (χ1v) is 9.43. The molecule has 1 aromatic rings. The smallest absolute Gasteiger partial charge is 0.306 e. The fourth-order valence-electron chi connectivity index (χ4n) is 3.42. The summed E-state index contributed by atoms with van der Waals surface area (Å²) in [6.45, 7) is 1.73. The highest BCUT2D eigenvalue weighted by molar-refractivity contribution is 7.89. The van der Waals surface area contributed by atoms with Gasteiger partial charge in [-0.3, -0.25) is 4.79 Å². The van der Waals surface area contributed by atoms with E-state index in [2.05, 4.69) is 0 Å². The number of nitrogens with zero attached hydrogens (tertiary/aromatic N) is 2. The Balaban J connectivity index is 1.81. The van der Waals surface area contributed by atoms with Crippen LogP contribution in [0.15, 0.2) is 23.1 Å². The first-order chi connectivity index (χ1) is 11.5. The molecule has 2 saturated heterocycles. The Labute approximate surface area is 140 Å². The summed E-state index contributed by atoms with van der Waals surface area (Å²) < 4.78 is 38.3. The Morgan fingerprint density at radius 1 is 1.08 bits per heavy atom. The molecule has 3 aliphatic heterocycles. The van der Waals surface area contributed by atoms with Gasteiger partial charge in [0.15, 0.2) is 0 Å². The van der Waals surface area contributed by atoms with Crippen molar-refractivity contribution in [2.24, 2.45) is 5.84 Å². The molecular formula is C15H19N3O5S. The van der Waals surface area contributed by atoms with Crippen LogP contribution < -0.4 is 10.9 Å². The molecule has 1 amide bonds. The van der Waals surface area contributed by atoms with Gasteiger partial charge in [-0.05, 0) is 37.5 Å². The predicted octanol–water partition coefficient (Wildman–Crippen LogP) is 0.281. The van der Waals surface area contributed by atoms with E-state index in [9.17, 15) is 13.2 Å². The van der Waals surface area contributed by atoms with Gasteiger partial charge in [0.1, 0.15) is 0 Å². The van der Waals surface area contributed by atoms with Crippen LogP contribution >= 0.6 is 0 Å². The van der Waals surface area contributed by atoms with E-state index in [-0.39, 0.29) is 4.90 Å². The second-order valence-electron chi connectivity index (χ2n) is 6.13. The number of hydrogen-bond donors (Lipinski definition) is 1. The molecule has 8 nitrogen and oxygen atoms in total. The number of rotatable bonds is 2. The number of benzene rings is 1. The van der Waals surface area contributed by atoms with Crippen LogP contribution in [0.1, 0.15) is 24.8 Å². The van der Waals surface area contributed by atoms with E-state index >= 15 is 0 Å². The molecule has 0 radical (unpaired) electrons. The summed E-state index contributed by atoms with van der Waals surface area (Å²) in [5.41, 5.74) is 0.761. The average Bonchev–Trinajstić information content (AvgIpc) is 3.21. The molecule has 3 heterocycles. The normalized spacial score (nSPS) is 23.9. The molecule has 1 aromatic carbocycles. The Hall–Kier alpha value is -1.52. The Bertz CT molecular complexity index is 782. The number of ether oxygens (including phenoxy) is 2. The first-order valence-electron chi connectivity index (χ1n) is 7.99.